The highest BCUT2D eigenvalue weighted by Crippen LogP contribution is 2.41. The molecule has 22 aliphatic heterocycles. The molecule has 0 amide bonds. The van der Waals surface area contributed by atoms with Crippen LogP contribution in [0.4, 0.5) is 0 Å². The molecule has 0 saturated heterocycles. The molecule has 0 radical (unpaired) electrons. The Labute approximate surface area is 386 Å². The molecule has 8 aromatic carbocycles. The zero-order valence-corrected chi connectivity index (χ0v) is 39.1. The summed E-state index contributed by atoms with van der Waals surface area (Å²) in [6.45, 7) is 0. The second-order valence-electron chi connectivity index (χ2n) is 14.5. The Kier molecular flexibility index (Phi) is 14.7. The van der Waals surface area contributed by atoms with Crippen LogP contribution >= 0.6 is 86.4 Å². The summed E-state index contributed by atoms with van der Waals surface area (Å²) in [5.74, 6) is 0. The predicted octanol–water partition coefficient (Wildman–Crippen LogP) is 17.6. The first-order valence-electron chi connectivity index (χ1n) is 19.7. The fourth-order valence-electron chi connectivity index (χ4n) is 6.63. The fraction of sp³-hybridized carbons (Fsp3) is 0.0769. The van der Waals surface area contributed by atoms with Gasteiger partial charge in [0.25, 0.3) is 0 Å². The van der Waals surface area contributed by atoms with Crippen molar-refractivity contribution in [3.8, 4) is 0 Å². The zero-order chi connectivity index (χ0) is 40.4. The molecule has 8 heteroatoms. The molecule has 0 unspecified atom stereocenters. The molecule has 0 aromatic heterocycles. The van der Waals surface area contributed by atoms with Gasteiger partial charge in [-0.25, -0.2) is 0 Å². The van der Waals surface area contributed by atoms with Crippen LogP contribution in [0.3, 0.4) is 0 Å². The Morgan fingerprint density at radius 1 is 0.150 bits per heavy atom. The molecule has 296 valence electrons. The van der Waals surface area contributed by atoms with Crippen LogP contribution in [0.1, 0.15) is 44.5 Å². The van der Waals surface area contributed by atoms with Crippen LogP contribution in [0.25, 0.3) is 0 Å². The summed E-state index contributed by atoms with van der Waals surface area (Å²) in [5.41, 5.74) is 10.7. The van der Waals surface area contributed by atoms with Gasteiger partial charge in [0.15, 0.2) is 0 Å². The molecule has 0 N–H and O–H groups in total. The number of benzene rings is 8. The minimum absolute atomic E-state index is 0.933. The Hall–Kier alpha value is -3.44. The molecule has 0 atom stereocenters. The van der Waals surface area contributed by atoms with Crippen LogP contribution in [-0.2, 0) is 25.7 Å². The van der Waals surface area contributed by atoms with Crippen molar-refractivity contribution >= 4 is 86.4 Å². The van der Waals surface area contributed by atoms with Crippen molar-refractivity contribution < 1.29 is 0 Å². The summed E-state index contributed by atoms with van der Waals surface area (Å²) >= 11 is 0. The van der Waals surface area contributed by atoms with Crippen molar-refractivity contribution in [2.45, 2.75) is 64.8 Å². The van der Waals surface area contributed by atoms with Crippen molar-refractivity contribution in [2.75, 3.05) is 0 Å². The third kappa shape index (κ3) is 12.4. The average molecular weight is 921 g/mol. The van der Waals surface area contributed by atoms with Crippen molar-refractivity contribution in [1.82, 2.24) is 0 Å². The minimum Gasteiger partial charge on any atom is -0.0576 e. The largest absolute Gasteiger partial charge is 0.0576 e. The van der Waals surface area contributed by atoms with Gasteiger partial charge in [-0.15, -0.1) is 0 Å². The van der Waals surface area contributed by atoms with E-state index in [4.69, 9.17) is 0 Å². The summed E-state index contributed by atoms with van der Waals surface area (Å²) in [6.07, 6.45) is 3.73. The predicted molar refractivity (Wildman–Crippen MR) is 270 cm³/mol. The molecular weight excluding hydrogens is 881 g/mol. The third-order valence-corrected chi connectivity index (χ3v) is 19.6. The lowest BCUT2D eigenvalue weighted by Gasteiger charge is -2.08. The fourth-order valence-corrected chi connectivity index (χ4v) is 14.4. The van der Waals surface area contributed by atoms with Crippen molar-refractivity contribution in [2.24, 2.45) is 0 Å². The molecule has 8 aromatic rings. The smallest absolute Gasteiger partial charge is 0.0186 e. The lowest BCUT2D eigenvalue weighted by Crippen LogP contribution is -1.88. The molecule has 0 fully saturated rings. The Bertz CT molecular complexity index is 2020. The van der Waals surface area contributed by atoms with E-state index in [1.165, 1.54) is 83.7 Å². The first-order chi connectivity index (χ1) is 29.6. The highest BCUT2D eigenvalue weighted by Gasteiger charge is 2.07. The SMILES string of the molecule is c1cc2ccc1Cc1ccc(cc1)SSc1ccc(cc1)Cc1ccc(cc1)SSc1ccc(cc1)Cc1ccc(cc1)SSc1ccc(cc1)Cc1ccc(cc1)SS2. The highest BCUT2D eigenvalue weighted by atomic mass is 33.1. The van der Waals surface area contributed by atoms with Gasteiger partial charge in [0.2, 0.25) is 0 Å². The standard InChI is InChI=1S/C52H40S8/c1-17-45-18-2-37(1)33-38-3-19-47(20-4-38)55-56-48-23-7-41(8-24-48)35-42-11-27-51(28-12-42)59-60-52-31-15-44(16-32-52)36-43-13-29-50(30-14-43)58-57-49-25-9-40(10-26-49)34-39-5-21-46(22-6-39)54-53-45/h1-32H,33-36H2. The molecular formula is C52H40S8. The van der Waals surface area contributed by atoms with Crippen LogP contribution in [-0.4, -0.2) is 0 Å². The second-order valence-corrected chi connectivity index (χ2v) is 23.6. The third-order valence-electron chi connectivity index (χ3n) is 9.96. The van der Waals surface area contributed by atoms with Crippen molar-refractivity contribution in [3.05, 3.63) is 239 Å². The maximum Gasteiger partial charge on any atom is 0.0186 e. The van der Waals surface area contributed by atoms with Gasteiger partial charge < -0.3 is 0 Å². The lowest BCUT2D eigenvalue weighted by atomic mass is 10.1. The first kappa shape index (κ1) is 41.9. The van der Waals surface area contributed by atoms with Gasteiger partial charge in [-0.1, -0.05) is 183 Å². The van der Waals surface area contributed by atoms with E-state index in [9.17, 15) is 0 Å². The van der Waals surface area contributed by atoms with E-state index < -0.39 is 0 Å². The van der Waals surface area contributed by atoms with Gasteiger partial charge in [-0.2, -0.15) is 0 Å². The lowest BCUT2D eigenvalue weighted by molar-refractivity contribution is 1.17. The molecule has 0 nitrogen and oxygen atoms in total. The van der Waals surface area contributed by atoms with E-state index in [1.807, 2.05) is 86.4 Å². The van der Waals surface area contributed by atoms with Gasteiger partial charge in [0.05, 0.1) is 0 Å². The first-order valence-corrected chi connectivity index (χ1v) is 28.3. The van der Waals surface area contributed by atoms with Gasteiger partial charge in [0.1, 0.15) is 0 Å². The topological polar surface area (TPSA) is 0 Å². The minimum atomic E-state index is 0.933. The number of hydrogen-bond donors (Lipinski definition) is 0. The van der Waals surface area contributed by atoms with E-state index in [2.05, 4.69) is 194 Å². The van der Waals surface area contributed by atoms with Gasteiger partial charge >= 0.3 is 0 Å². The van der Waals surface area contributed by atoms with E-state index in [0.717, 1.165) is 25.7 Å². The van der Waals surface area contributed by atoms with Crippen LogP contribution in [0.5, 0.6) is 0 Å². The molecule has 0 saturated carbocycles. The average Bonchev–Trinajstić information content (AvgIpc) is 3.30. The van der Waals surface area contributed by atoms with Crippen molar-refractivity contribution in [1.29, 1.82) is 0 Å². The normalized spacial score (nSPS) is 13.9. The van der Waals surface area contributed by atoms with Gasteiger partial charge in [-0.05, 0) is 167 Å². The van der Waals surface area contributed by atoms with E-state index in [0.29, 0.717) is 0 Å². The number of hydrogen-bond acceptors (Lipinski definition) is 8. The van der Waals surface area contributed by atoms with Gasteiger partial charge in [-0.3, -0.25) is 0 Å². The molecule has 22 aliphatic rings. The monoisotopic (exact) mass is 920 g/mol. The Morgan fingerprint density at radius 2 is 0.250 bits per heavy atom. The molecule has 16 bridgehead atoms. The summed E-state index contributed by atoms with van der Waals surface area (Å²) in [5, 5.41) is 0. The summed E-state index contributed by atoms with van der Waals surface area (Å²) < 4.78 is 0. The molecule has 22 heterocycles. The maximum atomic E-state index is 2.27. The van der Waals surface area contributed by atoms with Crippen LogP contribution < -0.4 is 0 Å². The molecule has 30 rings (SSSR count). The van der Waals surface area contributed by atoms with Crippen LogP contribution in [0.15, 0.2) is 233 Å². The van der Waals surface area contributed by atoms with E-state index >= 15 is 0 Å². The molecule has 0 aliphatic carbocycles. The van der Waals surface area contributed by atoms with Crippen LogP contribution in [0, 0.1) is 0 Å². The summed E-state index contributed by atoms with van der Waals surface area (Å²) in [7, 11) is 14.6. The second kappa shape index (κ2) is 21.1. The van der Waals surface area contributed by atoms with Gasteiger partial charge in [0, 0.05) is 39.2 Å². The van der Waals surface area contributed by atoms with Crippen LogP contribution in [0.2, 0.25) is 0 Å². The number of rotatable bonds is 0. The molecule has 60 heavy (non-hydrogen) atoms. The maximum absolute atomic E-state index is 2.27. The highest BCUT2D eigenvalue weighted by molar-refractivity contribution is 8.77. The quantitative estimate of drug-likeness (QED) is 0.136. The Morgan fingerprint density at radius 3 is 0.350 bits per heavy atom. The zero-order valence-electron chi connectivity index (χ0n) is 32.6. The van der Waals surface area contributed by atoms with E-state index in [-0.39, 0.29) is 0 Å². The van der Waals surface area contributed by atoms with Crippen molar-refractivity contribution in [3.63, 3.8) is 0 Å². The molecule has 0 spiro atoms. The summed E-state index contributed by atoms with van der Waals surface area (Å²) in [6, 6.07) is 72.2. The Balaban J connectivity index is 0.854. The van der Waals surface area contributed by atoms with E-state index in [1.54, 1.807) is 0 Å². The summed E-state index contributed by atoms with van der Waals surface area (Å²) in [4.78, 5) is 10.2.